The van der Waals surface area contributed by atoms with Gasteiger partial charge in [-0.1, -0.05) is 0 Å². The summed E-state index contributed by atoms with van der Waals surface area (Å²) in [4.78, 5) is 4.19. The van der Waals surface area contributed by atoms with E-state index in [0.29, 0.717) is 0 Å². The van der Waals surface area contributed by atoms with Gasteiger partial charge in [0.25, 0.3) is 0 Å². The van der Waals surface area contributed by atoms with Crippen LogP contribution in [0.2, 0.25) is 0 Å². The molecule has 3 nitrogen and oxygen atoms in total. The second-order valence-corrected chi connectivity index (χ2v) is 3.15. The number of imidazole rings is 1. The molecule has 0 aliphatic heterocycles. The molecule has 1 aromatic rings. The van der Waals surface area contributed by atoms with Crippen molar-refractivity contribution in [1.29, 1.82) is 0 Å². The fourth-order valence-electron chi connectivity index (χ4n) is 1.52. The Hall–Kier alpha value is -0.830. The first-order valence-electron chi connectivity index (χ1n) is 3.94. The Labute approximate surface area is 65.7 Å². The van der Waals surface area contributed by atoms with Gasteiger partial charge in [0, 0.05) is 25.4 Å². The number of rotatable bonds is 1. The molecule has 2 unspecified atom stereocenters. The normalized spacial score (nSPS) is 30.0. The smallest absolute Gasteiger partial charge is 0.114 e. The van der Waals surface area contributed by atoms with Crippen LogP contribution in [0.5, 0.6) is 0 Å². The first kappa shape index (κ1) is 6.85. The molecule has 0 saturated heterocycles. The Morgan fingerprint density at radius 1 is 1.64 bits per heavy atom. The summed E-state index contributed by atoms with van der Waals surface area (Å²) in [5.41, 5.74) is 0. The Morgan fingerprint density at radius 3 is 2.82 bits per heavy atom. The molecule has 0 amide bonds. The number of hydrogen-bond donors (Lipinski definition) is 1. The Bertz CT molecular complexity index is 256. The highest BCUT2D eigenvalue weighted by molar-refractivity contribution is 5.07. The second-order valence-electron chi connectivity index (χ2n) is 3.15. The lowest BCUT2D eigenvalue weighted by Crippen LogP contribution is -2.30. The molecular weight excluding hydrogens is 140 g/mol. The topological polar surface area (TPSA) is 38.0 Å². The van der Waals surface area contributed by atoms with E-state index in [1.165, 1.54) is 0 Å². The molecule has 11 heavy (non-hydrogen) atoms. The van der Waals surface area contributed by atoms with Crippen molar-refractivity contribution < 1.29 is 5.11 Å². The van der Waals surface area contributed by atoms with Crippen LogP contribution >= 0.6 is 0 Å². The predicted octanol–water partition coefficient (Wildman–Crippen LogP) is 0.658. The van der Waals surface area contributed by atoms with Crippen molar-refractivity contribution in [3.05, 3.63) is 18.2 Å². The van der Waals surface area contributed by atoms with Crippen molar-refractivity contribution in [2.24, 2.45) is 7.05 Å². The largest absolute Gasteiger partial charge is 0.392 e. The lowest BCUT2D eigenvalue weighted by Gasteiger charge is -2.31. The summed E-state index contributed by atoms with van der Waals surface area (Å²) in [5.74, 6) is 1.30. The summed E-state index contributed by atoms with van der Waals surface area (Å²) in [5, 5.41) is 9.35. The number of aryl methyl sites for hydroxylation is 1. The van der Waals surface area contributed by atoms with Gasteiger partial charge in [-0.15, -0.1) is 0 Å². The van der Waals surface area contributed by atoms with Crippen molar-refractivity contribution in [2.45, 2.75) is 24.9 Å². The van der Waals surface area contributed by atoms with Gasteiger partial charge in [0.2, 0.25) is 0 Å². The Kier molecular flexibility index (Phi) is 1.46. The molecule has 1 aromatic heterocycles. The summed E-state index contributed by atoms with van der Waals surface area (Å²) in [6.45, 7) is 0. The van der Waals surface area contributed by atoms with Crippen LogP contribution in [-0.4, -0.2) is 20.8 Å². The molecule has 3 heteroatoms. The molecule has 1 N–H and O–H groups in total. The molecule has 2 rings (SSSR count). The number of aliphatic hydroxyl groups excluding tert-OH is 1. The minimum Gasteiger partial charge on any atom is -0.392 e. The SMILES string of the molecule is Cn1ccnc1C1CCC1O. The lowest BCUT2D eigenvalue weighted by atomic mass is 9.81. The van der Waals surface area contributed by atoms with Gasteiger partial charge < -0.3 is 9.67 Å². The third kappa shape index (κ3) is 0.959. The first-order chi connectivity index (χ1) is 5.29. The predicted molar refractivity (Wildman–Crippen MR) is 41.2 cm³/mol. The quantitative estimate of drug-likeness (QED) is 0.642. The third-order valence-electron chi connectivity index (χ3n) is 2.43. The van der Waals surface area contributed by atoms with E-state index in [1.54, 1.807) is 6.20 Å². The van der Waals surface area contributed by atoms with Crippen LogP contribution in [0.3, 0.4) is 0 Å². The molecule has 0 bridgehead atoms. The van der Waals surface area contributed by atoms with E-state index < -0.39 is 0 Å². The zero-order chi connectivity index (χ0) is 7.84. The van der Waals surface area contributed by atoms with Crippen molar-refractivity contribution >= 4 is 0 Å². The van der Waals surface area contributed by atoms with Gasteiger partial charge in [-0.25, -0.2) is 4.98 Å². The van der Waals surface area contributed by atoms with Gasteiger partial charge >= 0.3 is 0 Å². The van der Waals surface area contributed by atoms with Crippen LogP contribution in [0, 0.1) is 0 Å². The van der Waals surface area contributed by atoms with E-state index in [-0.39, 0.29) is 12.0 Å². The van der Waals surface area contributed by atoms with Crippen LogP contribution in [-0.2, 0) is 7.05 Å². The molecule has 0 radical (unpaired) electrons. The van der Waals surface area contributed by atoms with Gasteiger partial charge in [0.15, 0.2) is 0 Å². The molecule has 1 aliphatic rings. The van der Waals surface area contributed by atoms with Gasteiger partial charge in [-0.05, 0) is 12.8 Å². The van der Waals surface area contributed by atoms with E-state index in [2.05, 4.69) is 4.98 Å². The maximum Gasteiger partial charge on any atom is 0.114 e. The molecule has 1 aliphatic carbocycles. The monoisotopic (exact) mass is 152 g/mol. The highest BCUT2D eigenvalue weighted by Crippen LogP contribution is 2.35. The minimum absolute atomic E-state index is 0.156. The molecule has 0 aromatic carbocycles. The number of hydrogen-bond acceptors (Lipinski definition) is 2. The summed E-state index contributed by atoms with van der Waals surface area (Å²) in [6.07, 6.45) is 5.54. The number of aromatic nitrogens is 2. The molecule has 1 heterocycles. The average molecular weight is 152 g/mol. The van der Waals surface area contributed by atoms with E-state index in [1.807, 2.05) is 17.8 Å². The highest BCUT2D eigenvalue weighted by Gasteiger charge is 2.32. The molecule has 2 atom stereocenters. The molecule has 0 spiro atoms. The average Bonchev–Trinajstić information content (AvgIpc) is 2.34. The summed E-state index contributed by atoms with van der Waals surface area (Å²) in [7, 11) is 1.97. The zero-order valence-electron chi connectivity index (χ0n) is 6.57. The Morgan fingerprint density at radius 2 is 2.45 bits per heavy atom. The zero-order valence-corrected chi connectivity index (χ0v) is 6.57. The Balaban J connectivity index is 2.22. The van der Waals surface area contributed by atoms with E-state index in [9.17, 15) is 5.11 Å². The van der Waals surface area contributed by atoms with E-state index in [4.69, 9.17) is 0 Å². The fraction of sp³-hybridized carbons (Fsp3) is 0.625. The standard InChI is InChI=1S/C8H12N2O/c1-10-5-4-9-8(10)6-2-3-7(6)11/h4-7,11H,2-3H2,1H3. The second kappa shape index (κ2) is 2.34. The maximum atomic E-state index is 9.35. The van der Waals surface area contributed by atoms with Crippen molar-refractivity contribution in [1.82, 2.24) is 9.55 Å². The van der Waals surface area contributed by atoms with Crippen LogP contribution in [0.1, 0.15) is 24.6 Å². The number of aliphatic hydroxyl groups is 1. The molecule has 1 fully saturated rings. The lowest BCUT2D eigenvalue weighted by molar-refractivity contribution is 0.0609. The van der Waals surface area contributed by atoms with Crippen molar-refractivity contribution in [2.75, 3.05) is 0 Å². The summed E-state index contributed by atoms with van der Waals surface area (Å²) >= 11 is 0. The maximum absolute atomic E-state index is 9.35. The van der Waals surface area contributed by atoms with E-state index in [0.717, 1.165) is 18.7 Å². The third-order valence-corrected chi connectivity index (χ3v) is 2.43. The minimum atomic E-state index is -0.156. The van der Waals surface area contributed by atoms with Crippen molar-refractivity contribution in [3.63, 3.8) is 0 Å². The van der Waals surface area contributed by atoms with E-state index >= 15 is 0 Å². The number of nitrogens with zero attached hydrogens (tertiary/aromatic N) is 2. The van der Waals surface area contributed by atoms with Crippen LogP contribution < -0.4 is 0 Å². The molecule has 60 valence electrons. The highest BCUT2D eigenvalue weighted by atomic mass is 16.3. The summed E-state index contributed by atoms with van der Waals surface area (Å²) in [6, 6.07) is 0. The van der Waals surface area contributed by atoms with Gasteiger partial charge in [-0.2, -0.15) is 0 Å². The van der Waals surface area contributed by atoms with Crippen LogP contribution in [0.4, 0.5) is 0 Å². The van der Waals surface area contributed by atoms with Crippen molar-refractivity contribution in [3.8, 4) is 0 Å². The van der Waals surface area contributed by atoms with Gasteiger partial charge in [0.1, 0.15) is 5.82 Å². The molecular formula is C8H12N2O. The van der Waals surface area contributed by atoms with Gasteiger partial charge in [0.05, 0.1) is 6.10 Å². The molecule has 1 saturated carbocycles. The van der Waals surface area contributed by atoms with Crippen LogP contribution in [0.25, 0.3) is 0 Å². The van der Waals surface area contributed by atoms with Gasteiger partial charge in [-0.3, -0.25) is 0 Å². The first-order valence-corrected chi connectivity index (χ1v) is 3.94. The van der Waals surface area contributed by atoms with Crippen LogP contribution in [0.15, 0.2) is 12.4 Å². The fourth-order valence-corrected chi connectivity index (χ4v) is 1.52. The summed E-state index contributed by atoms with van der Waals surface area (Å²) < 4.78 is 1.98.